The molecule has 1 N–H and O–H groups in total. The van der Waals surface area contributed by atoms with Crippen molar-refractivity contribution >= 4 is 11.6 Å². The first-order valence-electron chi connectivity index (χ1n) is 7.13. The van der Waals surface area contributed by atoms with E-state index in [9.17, 15) is 4.39 Å². The fourth-order valence-corrected chi connectivity index (χ4v) is 2.79. The molecule has 0 aliphatic heterocycles. The molecule has 1 unspecified atom stereocenters. The van der Waals surface area contributed by atoms with Crippen LogP contribution in [-0.4, -0.2) is 21.8 Å². The Morgan fingerprint density at radius 3 is 2.76 bits per heavy atom. The van der Waals surface area contributed by atoms with Gasteiger partial charge in [-0.05, 0) is 26.5 Å². The van der Waals surface area contributed by atoms with E-state index in [-0.39, 0.29) is 11.9 Å². The third-order valence-corrected chi connectivity index (χ3v) is 4.06. The molecule has 0 fully saturated rings. The molecule has 0 aliphatic rings. The van der Waals surface area contributed by atoms with E-state index < -0.39 is 0 Å². The first kappa shape index (κ1) is 15.9. The van der Waals surface area contributed by atoms with Crippen molar-refractivity contribution in [3.05, 3.63) is 46.3 Å². The van der Waals surface area contributed by atoms with Gasteiger partial charge in [0.1, 0.15) is 5.82 Å². The van der Waals surface area contributed by atoms with Crippen LogP contribution in [0, 0.1) is 5.82 Å². The number of aromatic nitrogens is 3. The van der Waals surface area contributed by atoms with Gasteiger partial charge < -0.3 is 5.32 Å². The van der Waals surface area contributed by atoms with Crippen molar-refractivity contribution in [2.75, 3.05) is 7.05 Å². The van der Waals surface area contributed by atoms with Crippen molar-refractivity contribution in [3.8, 4) is 0 Å². The van der Waals surface area contributed by atoms with Crippen LogP contribution in [0.5, 0.6) is 0 Å². The first-order chi connectivity index (χ1) is 10.1. The minimum atomic E-state index is -0.314. The molecule has 0 amide bonds. The molecular weight excluding hydrogens is 291 g/mol. The van der Waals surface area contributed by atoms with Crippen LogP contribution < -0.4 is 5.32 Å². The summed E-state index contributed by atoms with van der Waals surface area (Å²) in [5, 5.41) is 8.34. The number of pyridine rings is 1. The van der Waals surface area contributed by atoms with E-state index in [2.05, 4.69) is 15.4 Å². The summed E-state index contributed by atoms with van der Waals surface area (Å²) in [6.45, 7) is 4.79. The summed E-state index contributed by atoms with van der Waals surface area (Å²) in [4.78, 5) is 3.79. The molecule has 2 aromatic heterocycles. The van der Waals surface area contributed by atoms with Crippen LogP contribution in [0.1, 0.15) is 36.8 Å². The second kappa shape index (κ2) is 7.00. The summed E-state index contributed by atoms with van der Waals surface area (Å²) in [6.07, 6.45) is 4.19. The summed E-state index contributed by atoms with van der Waals surface area (Å²) in [6, 6.07) is 1.52. The lowest BCUT2D eigenvalue weighted by Gasteiger charge is -2.18. The monoisotopic (exact) mass is 310 g/mol. The van der Waals surface area contributed by atoms with Crippen LogP contribution in [0.25, 0.3) is 0 Å². The molecule has 2 aromatic rings. The minimum absolute atomic E-state index is 0.169. The van der Waals surface area contributed by atoms with Gasteiger partial charge in [-0.2, -0.15) is 5.10 Å². The van der Waals surface area contributed by atoms with E-state index in [0.29, 0.717) is 17.0 Å². The Kier molecular flexibility index (Phi) is 5.31. The smallest absolute Gasteiger partial charge is 0.146 e. The maximum absolute atomic E-state index is 13.9. The fraction of sp³-hybridized carbons (Fsp3) is 0.467. The molecule has 2 rings (SSSR count). The standard InChI is InChI=1S/C15H20ClFN4/c1-4-12-15(16)14(21(5-2)20-12)8-13(18-3)10-6-7-19-9-11(10)17/h6-7,9,13,18H,4-5,8H2,1-3H3. The third kappa shape index (κ3) is 3.24. The zero-order valence-electron chi connectivity index (χ0n) is 12.5. The average Bonchev–Trinajstić information content (AvgIpc) is 2.81. The van der Waals surface area contributed by atoms with Crippen molar-refractivity contribution in [1.29, 1.82) is 0 Å². The van der Waals surface area contributed by atoms with E-state index in [1.807, 2.05) is 25.6 Å². The molecule has 0 bridgehead atoms. The lowest BCUT2D eigenvalue weighted by molar-refractivity contribution is 0.508. The van der Waals surface area contributed by atoms with Crippen molar-refractivity contribution in [1.82, 2.24) is 20.1 Å². The number of hydrogen-bond acceptors (Lipinski definition) is 3. The third-order valence-electron chi connectivity index (χ3n) is 3.62. The molecule has 114 valence electrons. The highest BCUT2D eigenvalue weighted by molar-refractivity contribution is 6.31. The Balaban J connectivity index is 2.35. The SMILES string of the molecule is CCc1nn(CC)c(CC(NC)c2ccncc2F)c1Cl. The van der Waals surface area contributed by atoms with Gasteiger partial charge in [-0.25, -0.2) is 4.39 Å². The average molecular weight is 311 g/mol. The number of halogens is 2. The Morgan fingerprint density at radius 2 is 2.19 bits per heavy atom. The minimum Gasteiger partial charge on any atom is -0.313 e. The quantitative estimate of drug-likeness (QED) is 0.891. The molecule has 4 nitrogen and oxygen atoms in total. The Hall–Kier alpha value is -1.46. The zero-order valence-corrected chi connectivity index (χ0v) is 13.3. The van der Waals surface area contributed by atoms with Crippen molar-refractivity contribution in [2.24, 2.45) is 0 Å². The highest BCUT2D eigenvalue weighted by Crippen LogP contribution is 2.27. The molecule has 0 saturated carbocycles. The van der Waals surface area contributed by atoms with Crippen LogP contribution in [0.4, 0.5) is 4.39 Å². The maximum atomic E-state index is 13.9. The maximum Gasteiger partial charge on any atom is 0.146 e. The molecule has 0 aromatic carbocycles. The Bertz CT molecular complexity index is 612. The summed E-state index contributed by atoms with van der Waals surface area (Å²) in [5.41, 5.74) is 2.41. The highest BCUT2D eigenvalue weighted by atomic mass is 35.5. The predicted octanol–water partition coefficient (Wildman–Crippen LogP) is 3.16. The normalized spacial score (nSPS) is 12.6. The Labute approximate surface area is 129 Å². The zero-order chi connectivity index (χ0) is 15.4. The van der Waals surface area contributed by atoms with Gasteiger partial charge in [0.15, 0.2) is 0 Å². The number of rotatable bonds is 6. The number of hydrogen-bond donors (Lipinski definition) is 1. The molecule has 0 spiro atoms. The predicted molar refractivity (Wildman–Crippen MR) is 82.0 cm³/mol. The number of likely N-dealkylation sites (N-methyl/N-ethyl adjacent to an activating group) is 1. The van der Waals surface area contributed by atoms with Crippen molar-refractivity contribution in [3.63, 3.8) is 0 Å². The second-order valence-corrected chi connectivity index (χ2v) is 5.20. The topological polar surface area (TPSA) is 42.7 Å². The van der Waals surface area contributed by atoms with Gasteiger partial charge in [0.25, 0.3) is 0 Å². The van der Waals surface area contributed by atoms with Gasteiger partial charge in [-0.15, -0.1) is 0 Å². The van der Waals surface area contributed by atoms with E-state index in [0.717, 1.165) is 24.4 Å². The number of nitrogens with one attached hydrogen (secondary N) is 1. The molecule has 0 radical (unpaired) electrons. The van der Waals surface area contributed by atoms with Crippen LogP contribution in [-0.2, 0) is 19.4 Å². The van der Waals surface area contributed by atoms with Gasteiger partial charge in [-0.1, -0.05) is 18.5 Å². The van der Waals surface area contributed by atoms with Gasteiger partial charge in [-0.3, -0.25) is 9.67 Å². The van der Waals surface area contributed by atoms with Crippen molar-refractivity contribution < 1.29 is 4.39 Å². The second-order valence-electron chi connectivity index (χ2n) is 4.82. The molecular formula is C15H20ClFN4. The van der Waals surface area contributed by atoms with E-state index in [1.165, 1.54) is 6.20 Å². The molecule has 1 atom stereocenters. The van der Waals surface area contributed by atoms with Gasteiger partial charge >= 0.3 is 0 Å². The van der Waals surface area contributed by atoms with E-state index >= 15 is 0 Å². The number of aryl methyl sites for hydroxylation is 2. The molecule has 2 heterocycles. The summed E-state index contributed by atoms with van der Waals surface area (Å²) >= 11 is 6.42. The van der Waals surface area contributed by atoms with Crippen molar-refractivity contribution in [2.45, 2.75) is 39.3 Å². The van der Waals surface area contributed by atoms with Crippen LogP contribution >= 0.6 is 11.6 Å². The summed E-state index contributed by atoms with van der Waals surface area (Å²) in [7, 11) is 1.81. The lowest BCUT2D eigenvalue weighted by Crippen LogP contribution is -2.22. The summed E-state index contributed by atoms with van der Waals surface area (Å²) in [5.74, 6) is -0.314. The van der Waals surface area contributed by atoms with E-state index in [1.54, 1.807) is 12.3 Å². The lowest BCUT2D eigenvalue weighted by atomic mass is 10.0. The largest absolute Gasteiger partial charge is 0.313 e. The van der Waals surface area contributed by atoms with Crippen LogP contribution in [0.2, 0.25) is 5.02 Å². The molecule has 0 saturated heterocycles. The Morgan fingerprint density at radius 1 is 1.43 bits per heavy atom. The molecule has 0 aliphatic carbocycles. The van der Waals surface area contributed by atoms with Crippen LogP contribution in [0.3, 0.4) is 0 Å². The van der Waals surface area contributed by atoms with Gasteiger partial charge in [0, 0.05) is 30.8 Å². The molecule has 6 heteroatoms. The summed E-state index contributed by atoms with van der Waals surface area (Å²) < 4.78 is 15.8. The van der Waals surface area contributed by atoms with Crippen LogP contribution in [0.15, 0.2) is 18.5 Å². The first-order valence-corrected chi connectivity index (χ1v) is 7.50. The van der Waals surface area contributed by atoms with Gasteiger partial charge in [0.05, 0.1) is 22.6 Å². The fourth-order valence-electron chi connectivity index (χ4n) is 2.44. The highest BCUT2D eigenvalue weighted by Gasteiger charge is 2.21. The van der Waals surface area contributed by atoms with Gasteiger partial charge in [0.2, 0.25) is 0 Å². The van der Waals surface area contributed by atoms with E-state index in [4.69, 9.17) is 11.6 Å². The molecule has 21 heavy (non-hydrogen) atoms. The number of nitrogens with zero attached hydrogens (tertiary/aromatic N) is 3.